The highest BCUT2D eigenvalue weighted by Crippen LogP contribution is 2.28. The summed E-state index contributed by atoms with van der Waals surface area (Å²) in [5.41, 5.74) is 8.76. The van der Waals surface area contributed by atoms with E-state index in [1.54, 1.807) is 13.2 Å². The molecule has 0 unspecified atom stereocenters. The molecule has 2 aliphatic rings. The van der Waals surface area contributed by atoms with E-state index in [1.807, 2.05) is 18.3 Å². The summed E-state index contributed by atoms with van der Waals surface area (Å²) in [6.45, 7) is 8.40. The van der Waals surface area contributed by atoms with Gasteiger partial charge in [0.25, 0.3) is 0 Å². The van der Waals surface area contributed by atoms with Crippen molar-refractivity contribution in [3.05, 3.63) is 54.5 Å². The summed E-state index contributed by atoms with van der Waals surface area (Å²) >= 11 is 0. The molecule has 0 atom stereocenters. The van der Waals surface area contributed by atoms with Crippen LogP contribution in [0.15, 0.2) is 48.9 Å². The summed E-state index contributed by atoms with van der Waals surface area (Å²) in [4.78, 5) is 7.22. The van der Waals surface area contributed by atoms with Crippen LogP contribution in [0.4, 0.5) is 5.82 Å². The molecule has 2 aromatic rings. The maximum Gasteiger partial charge on any atom is 0.130 e. The Labute approximate surface area is 184 Å². The van der Waals surface area contributed by atoms with E-state index >= 15 is 0 Å². The van der Waals surface area contributed by atoms with Crippen molar-refractivity contribution in [2.45, 2.75) is 31.7 Å². The minimum Gasteiger partial charge on any atom is -0.397 e. The van der Waals surface area contributed by atoms with Crippen molar-refractivity contribution in [3.8, 4) is 0 Å². The van der Waals surface area contributed by atoms with E-state index in [2.05, 4.69) is 33.9 Å². The minimum absolute atomic E-state index is 0.471. The van der Waals surface area contributed by atoms with Crippen molar-refractivity contribution >= 4 is 22.3 Å². The molecule has 2 fully saturated rings. The number of hydrogen-bond donors (Lipinski definition) is 3. The van der Waals surface area contributed by atoms with Gasteiger partial charge in [-0.3, -0.25) is 0 Å². The van der Waals surface area contributed by atoms with Crippen LogP contribution in [0.2, 0.25) is 0 Å². The number of likely N-dealkylation sites (tertiary alicyclic amines) is 1. The Morgan fingerprint density at radius 3 is 2.65 bits per heavy atom. The van der Waals surface area contributed by atoms with Crippen LogP contribution in [0.3, 0.4) is 0 Å². The number of anilines is 1. The van der Waals surface area contributed by atoms with Gasteiger partial charge in [0.05, 0.1) is 5.70 Å². The minimum atomic E-state index is 0.471. The third-order valence-corrected chi connectivity index (χ3v) is 6.42. The SMILES string of the molecule is C=C(Nc1cc2cc(/C(N)=C/N(C)N)ccc2cn1)C1CCN(C2CCOCC2)CC1. The third kappa shape index (κ3) is 5.36. The van der Waals surface area contributed by atoms with Crippen molar-refractivity contribution in [3.63, 3.8) is 0 Å². The molecule has 0 aliphatic carbocycles. The molecular formula is C24H34N6O. The number of nitrogens with one attached hydrogen (secondary N) is 1. The van der Waals surface area contributed by atoms with E-state index in [-0.39, 0.29) is 0 Å². The summed E-state index contributed by atoms with van der Waals surface area (Å²) in [7, 11) is 1.75. The first-order valence-corrected chi connectivity index (χ1v) is 11.1. The Morgan fingerprint density at radius 2 is 1.94 bits per heavy atom. The largest absolute Gasteiger partial charge is 0.397 e. The van der Waals surface area contributed by atoms with Crippen LogP contribution in [0.5, 0.6) is 0 Å². The molecule has 4 rings (SSSR count). The van der Waals surface area contributed by atoms with Crippen molar-refractivity contribution in [1.29, 1.82) is 0 Å². The van der Waals surface area contributed by atoms with Crippen LogP contribution in [0, 0.1) is 5.92 Å². The van der Waals surface area contributed by atoms with Crippen molar-refractivity contribution in [2.24, 2.45) is 17.5 Å². The maximum absolute atomic E-state index is 6.15. The van der Waals surface area contributed by atoms with Crippen LogP contribution in [0.25, 0.3) is 16.5 Å². The van der Waals surface area contributed by atoms with Gasteiger partial charge in [0.15, 0.2) is 0 Å². The molecule has 3 heterocycles. The lowest BCUT2D eigenvalue weighted by Crippen LogP contribution is -2.44. The molecule has 0 amide bonds. The van der Waals surface area contributed by atoms with Gasteiger partial charge in [0.1, 0.15) is 5.82 Å². The fraction of sp³-hybridized carbons (Fsp3) is 0.458. The Bertz CT molecular complexity index is 942. The molecule has 166 valence electrons. The second-order valence-corrected chi connectivity index (χ2v) is 8.69. The van der Waals surface area contributed by atoms with Crippen LogP contribution in [0.1, 0.15) is 31.2 Å². The quantitative estimate of drug-likeness (QED) is 0.486. The van der Waals surface area contributed by atoms with E-state index in [4.69, 9.17) is 16.3 Å². The number of fused-ring (bicyclic) bond motifs is 1. The average Bonchev–Trinajstić information content (AvgIpc) is 2.79. The number of rotatable bonds is 6. The number of nitrogens with zero attached hydrogens (tertiary/aromatic N) is 3. The molecule has 2 aliphatic heterocycles. The van der Waals surface area contributed by atoms with Gasteiger partial charge >= 0.3 is 0 Å². The first kappa shape index (κ1) is 21.6. The molecule has 2 saturated heterocycles. The molecule has 0 saturated carbocycles. The van der Waals surface area contributed by atoms with Crippen molar-refractivity contribution in [1.82, 2.24) is 14.9 Å². The zero-order valence-corrected chi connectivity index (χ0v) is 18.4. The Balaban J connectivity index is 1.39. The van der Waals surface area contributed by atoms with E-state index < -0.39 is 0 Å². The van der Waals surface area contributed by atoms with Crippen molar-refractivity contribution < 1.29 is 4.74 Å². The summed E-state index contributed by atoms with van der Waals surface area (Å²) < 4.78 is 5.51. The fourth-order valence-corrected chi connectivity index (χ4v) is 4.61. The Hall–Kier alpha value is -2.61. The number of piperidine rings is 1. The molecule has 0 radical (unpaired) electrons. The number of ether oxygens (including phenoxy) is 1. The fourth-order valence-electron chi connectivity index (χ4n) is 4.61. The van der Waals surface area contributed by atoms with Crippen LogP contribution < -0.4 is 16.9 Å². The Morgan fingerprint density at radius 1 is 1.19 bits per heavy atom. The third-order valence-electron chi connectivity index (χ3n) is 6.42. The highest BCUT2D eigenvalue weighted by Gasteiger charge is 2.27. The molecule has 0 bridgehead atoms. The molecule has 5 N–H and O–H groups in total. The summed E-state index contributed by atoms with van der Waals surface area (Å²) in [6, 6.07) is 8.82. The predicted octanol–water partition coefficient (Wildman–Crippen LogP) is 3.11. The number of allylic oxidation sites excluding steroid dienone is 1. The van der Waals surface area contributed by atoms with Gasteiger partial charge in [0, 0.05) is 55.7 Å². The molecular weight excluding hydrogens is 388 g/mol. The lowest BCUT2D eigenvalue weighted by Gasteiger charge is -2.39. The predicted molar refractivity (Wildman–Crippen MR) is 127 cm³/mol. The number of hydrazine groups is 1. The molecule has 7 nitrogen and oxygen atoms in total. The monoisotopic (exact) mass is 422 g/mol. The van der Waals surface area contributed by atoms with Crippen LogP contribution in [-0.2, 0) is 4.74 Å². The highest BCUT2D eigenvalue weighted by molar-refractivity contribution is 5.87. The molecule has 1 aromatic carbocycles. The lowest BCUT2D eigenvalue weighted by molar-refractivity contribution is 0.0232. The van der Waals surface area contributed by atoms with Gasteiger partial charge in [0.2, 0.25) is 0 Å². The summed E-state index contributed by atoms with van der Waals surface area (Å²) in [5, 5.41) is 7.06. The Kier molecular flexibility index (Phi) is 6.75. The summed E-state index contributed by atoms with van der Waals surface area (Å²) in [5.74, 6) is 6.97. The smallest absolute Gasteiger partial charge is 0.130 e. The second kappa shape index (κ2) is 9.68. The topological polar surface area (TPSA) is 92.7 Å². The molecule has 31 heavy (non-hydrogen) atoms. The van der Waals surface area contributed by atoms with Crippen molar-refractivity contribution in [2.75, 3.05) is 38.7 Å². The highest BCUT2D eigenvalue weighted by atomic mass is 16.5. The van der Waals surface area contributed by atoms with Gasteiger partial charge in [-0.1, -0.05) is 18.7 Å². The van der Waals surface area contributed by atoms with Gasteiger partial charge in [-0.15, -0.1) is 0 Å². The molecule has 1 aromatic heterocycles. The first-order valence-electron chi connectivity index (χ1n) is 11.1. The number of nitrogens with two attached hydrogens (primary N) is 2. The van der Waals surface area contributed by atoms with Gasteiger partial charge in [-0.25, -0.2) is 10.8 Å². The van der Waals surface area contributed by atoms with Gasteiger partial charge < -0.3 is 25.7 Å². The van der Waals surface area contributed by atoms with Crippen LogP contribution in [-0.4, -0.2) is 54.3 Å². The van der Waals surface area contributed by atoms with Crippen LogP contribution >= 0.6 is 0 Å². The maximum atomic E-state index is 6.15. The van der Waals surface area contributed by atoms with E-state index in [1.165, 1.54) is 5.01 Å². The zero-order valence-electron chi connectivity index (χ0n) is 18.4. The summed E-state index contributed by atoms with van der Waals surface area (Å²) in [6.07, 6.45) is 8.18. The molecule has 7 heteroatoms. The van der Waals surface area contributed by atoms with Gasteiger partial charge in [-0.2, -0.15) is 0 Å². The van der Waals surface area contributed by atoms with E-state index in [0.717, 1.165) is 79.8 Å². The zero-order chi connectivity index (χ0) is 21.8. The van der Waals surface area contributed by atoms with E-state index in [0.29, 0.717) is 17.7 Å². The normalized spacial score (nSPS) is 19.5. The number of benzene rings is 1. The number of aromatic nitrogens is 1. The van der Waals surface area contributed by atoms with E-state index in [9.17, 15) is 0 Å². The van der Waals surface area contributed by atoms with Gasteiger partial charge in [-0.05, 0) is 61.9 Å². The standard InChI is InChI=1S/C24H34N6O/c1-17(18-5-9-30(10-6-18)22-7-11-31-12-8-22)28-24-14-21-13-19(23(25)16-29(2)26)3-4-20(21)15-27-24/h3-4,13-16,18,22H,1,5-12,25-26H2,2H3,(H,27,28)/b23-16-. The lowest BCUT2D eigenvalue weighted by atomic mass is 9.92. The average molecular weight is 423 g/mol. The molecule has 0 spiro atoms. The number of pyridine rings is 1. The second-order valence-electron chi connectivity index (χ2n) is 8.69. The first-order chi connectivity index (χ1) is 15.0. The number of hydrogen-bond acceptors (Lipinski definition) is 7.